The average Bonchev–Trinajstić information content (AvgIpc) is 2.64. The number of carbonyl (C=O) groups is 2. The molecule has 8 nitrogen and oxygen atoms in total. The van der Waals surface area contributed by atoms with Crippen molar-refractivity contribution in [3.8, 4) is 11.5 Å². The summed E-state index contributed by atoms with van der Waals surface area (Å²) in [5.41, 5.74) is 12.1. The molecular weight excluding hydrogens is 372 g/mol. The van der Waals surface area contributed by atoms with Gasteiger partial charge in [0.25, 0.3) is 11.8 Å². The number of carbonyl (C=O) groups excluding carboxylic acids is 2. The number of halogens is 1. The highest BCUT2D eigenvalue weighted by Crippen LogP contribution is 2.21. The Labute approximate surface area is 162 Å². The summed E-state index contributed by atoms with van der Waals surface area (Å²) in [5.74, 6) is -0.165. The van der Waals surface area contributed by atoms with Crippen LogP contribution >= 0.6 is 12.4 Å². The molecule has 9 heteroatoms. The fourth-order valence-electron chi connectivity index (χ4n) is 2.19. The highest BCUT2D eigenvalue weighted by Gasteiger charge is 2.11. The summed E-state index contributed by atoms with van der Waals surface area (Å²) >= 11 is 0. The maximum atomic E-state index is 12.3. The van der Waals surface area contributed by atoms with Gasteiger partial charge in [0.15, 0.2) is 6.61 Å². The van der Waals surface area contributed by atoms with Crippen LogP contribution in [0.4, 0.5) is 0 Å². The number of ether oxygens (including phenoxy) is 2. The summed E-state index contributed by atoms with van der Waals surface area (Å²) in [5, 5.41) is 10.3. The topological polar surface area (TPSA) is 141 Å². The predicted molar refractivity (Wildman–Crippen MR) is 104 cm³/mol. The van der Waals surface area contributed by atoms with Gasteiger partial charge in [-0.15, -0.1) is 12.4 Å². The molecule has 0 aliphatic carbocycles. The lowest BCUT2D eigenvalue weighted by Crippen LogP contribution is -2.24. The Hall–Kier alpha value is -3.26. The van der Waals surface area contributed by atoms with Gasteiger partial charge in [0.1, 0.15) is 17.3 Å². The lowest BCUT2D eigenvalue weighted by molar-refractivity contribution is -0.119. The van der Waals surface area contributed by atoms with E-state index in [1.54, 1.807) is 36.4 Å². The third kappa shape index (κ3) is 6.19. The standard InChI is InChI=1S/C18H20N4O4.ClH/c1-25-14-4-2-3-12(7-14)18(24)22-9-13-6-5-11(17(20)21)8-15(13)26-10-16(19)23;/h2-8H,9-10H2,1H3,(H2,19,23)(H3,20,21)(H,22,24);1H. The fourth-order valence-corrected chi connectivity index (χ4v) is 2.19. The number of amidine groups is 1. The Morgan fingerprint density at radius 1 is 1.11 bits per heavy atom. The molecule has 2 aromatic carbocycles. The second-order valence-electron chi connectivity index (χ2n) is 5.41. The van der Waals surface area contributed by atoms with Crippen LogP contribution in [0.5, 0.6) is 11.5 Å². The van der Waals surface area contributed by atoms with Crippen molar-refractivity contribution in [3.63, 3.8) is 0 Å². The zero-order valence-electron chi connectivity index (χ0n) is 14.7. The Bertz CT molecular complexity index is 842. The minimum absolute atomic E-state index is 0. The Morgan fingerprint density at radius 2 is 1.85 bits per heavy atom. The number of primary amides is 1. The van der Waals surface area contributed by atoms with E-state index in [2.05, 4.69) is 5.32 Å². The van der Waals surface area contributed by atoms with E-state index in [0.29, 0.717) is 28.2 Å². The molecule has 2 amide bonds. The van der Waals surface area contributed by atoms with Crippen molar-refractivity contribution in [1.29, 1.82) is 5.41 Å². The van der Waals surface area contributed by atoms with Crippen LogP contribution in [-0.2, 0) is 11.3 Å². The number of nitrogens with one attached hydrogen (secondary N) is 2. The Kier molecular flexibility index (Phi) is 8.09. The summed E-state index contributed by atoms with van der Waals surface area (Å²) in [7, 11) is 1.52. The molecule has 144 valence electrons. The Balaban J connectivity index is 0.00000364. The first-order valence-corrected chi connectivity index (χ1v) is 7.71. The number of methoxy groups -OCH3 is 1. The molecule has 0 aliphatic rings. The van der Waals surface area contributed by atoms with Crippen LogP contribution in [0.2, 0.25) is 0 Å². The van der Waals surface area contributed by atoms with Gasteiger partial charge in [-0.05, 0) is 24.3 Å². The van der Waals surface area contributed by atoms with Gasteiger partial charge in [0.2, 0.25) is 0 Å². The molecule has 0 fully saturated rings. The van der Waals surface area contributed by atoms with Gasteiger partial charge in [-0.25, -0.2) is 0 Å². The van der Waals surface area contributed by atoms with E-state index in [0.717, 1.165) is 0 Å². The minimum Gasteiger partial charge on any atom is -0.497 e. The van der Waals surface area contributed by atoms with Crippen molar-refractivity contribution in [3.05, 3.63) is 59.2 Å². The highest BCUT2D eigenvalue weighted by atomic mass is 35.5. The van der Waals surface area contributed by atoms with Crippen LogP contribution in [0.15, 0.2) is 42.5 Å². The van der Waals surface area contributed by atoms with E-state index in [4.69, 9.17) is 26.4 Å². The van der Waals surface area contributed by atoms with E-state index in [1.165, 1.54) is 13.2 Å². The smallest absolute Gasteiger partial charge is 0.255 e. The predicted octanol–water partition coefficient (Wildman–Crippen LogP) is 1.20. The number of amides is 2. The van der Waals surface area contributed by atoms with Crippen LogP contribution in [0.1, 0.15) is 21.5 Å². The first-order chi connectivity index (χ1) is 12.4. The van der Waals surface area contributed by atoms with Crippen molar-refractivity contribution in [2.24, 2.45) is 11.5 Å². The van der Waals surface area contributed by atoms with E-state index in [-0.39, 0.29) is 37.3 Å². The highest BCUT2D eigenvalue weighted by molar-refractivity contribution is 5.96. The normalized spacial score (nSPS) is 9.67. The molecule has 0 bridgehead atoms. The van der Waals surface area contributed by atoms with Crippen LogP contribution in [0.25, 0.3) is 0 Å². The molecule has 0 aliphatic heterocycles. The number of benzene rings is 2. The van der Waals surface area contributed by atoms with Crippen LogP contribution in [-0.4, -0.2) is 31.4 Å². The third-order valence-corrected chi connectivity index (χ3v) is 3.52. The van der Waals surface area contributed by atoms with Gasteiger partial charge in [-0.3, -0.25) is 15.0 Å². The zero-order chi connectivity index (χ0) is 19.1. The molecule has 0 aromatic heterocycles. The molecule has 2 rings (SSSR count). The summed E-state index contributed by atoms with van der Waals surface area (Å²) in [6, 6.07) is 11.6. The fraction of sp³-hybridized carbons (Fsp3) is 0.167. The van der Waals surface area contributed by atoms with Gasteiger partial charge < -0.3 is 26.3 Å². The second-order valence-corrected chi connectivity index (χ2v) is 5.41. The lowest BCUT2D eigenvalue weighted by Gasteiger charge is -2.13. The number of nitrogen functional groups attached to an aromatic ring is 1. The van der Waals surface area contributed by atoms with Crippen molar-refractivity contribution < 1.29 is 19.1 Å². The van der Waals surface area contributed by atoms with Gasteiger partial charge in [0, 0.05) is 23.2 Å². The SMILES string of the molecule is COc1cccc(C(=O)NCc2ccc(C(=N)N)cc2OCC(N)=O)c1.Cl. The van der Waals surface area contributed by atoms with Crippen LogP contribution in [0.3, 0.4) is 0 Å². The third-order valence-electron chi connectivity index (χ3n) is 3.52. The largest absolute Gasteiger partial charge is 0.497 e. The summed E-state index contributed by atoms with van der Waals surface area (Å²) in [6.07, 6.45) is 0. The first kappa shape index (κ1) is 21.8. The molecule has 0 spiro atoms. The average molecular weight is 393 g/mol. The van der Waals surface area contributed by atoms with E-state index in [9.17, 15) is 9.59 Å². The summed E-state index contributed by atoms with van der Waals surface area (Å²) in [4.78, 5) is 23.3. The van der Waals surface area contributed by atoms with E-state index in [1.807, 2.05) is 0 Å². The van der Waals surface area contributed by atoms with Crippen molar-refractivity contribution in [2.75, 3.05) is 13.7 Å². The molecule has 0 saturated heterocycles. The van der Waals surface area contributed by atoms with E-state index >= 15 is 0 Å². The monoisotopic (exact) mass is 392 g/mol. The minimum atomic E-state index is -0.635. The quantitative estimate of drug-likeness (QED) is 0.394. The van der Waals surface area contributed by atoms with Gasteiger partial charge in [-0.1, -0.05) is 18.2 Å². The molecular formula is C18H21ClN4O4. The second kappa shape index (κ2) is 10.0. The molecule has 0 radical (unpaired) electrons. The van der Waals surface area contributed by atoms with Gasteiger partial charge >= 0.3 is 0 Å². The van der Waals surface area contributed by atoms with Crippen LogP contribution < -0.4 is 26.3 Å². The number of hydrogen-bond acceptors (Lipinski definition) is 5. The summed E-state index contributed by atoms with van der Waals surface area (Å²) in [6.45, 7) is -0.166. The zero-order valence-corrected chi connectivity index (χ0v) is 15.5. The van der Waals surface area contributed by atoms with Crippen LogP contribution in [0, 0.1) is 5.41 Å². The maximum Gasteiger partial charge on any atom is 0.255 e. The number of rotatable bonds is 8. The Morgan fingerprint density at radius 3 is 2.48 bits per heavy atom. The van der Waals surface area contributed by atoms with Gasteiger partial charge in [0.05, 0.1) is 7.11 Å². The lowest BCUT2D eigenvalue weighted by atomic mass is 10.1. The van der Waals surface area contributed by atoms with Crippen molar-refractivity contribution >= 4 is 30.1 Å². The molecule has 0 saturated carbocycles. The maximum absolute atomic E-state index is 12.3. The summed E-state index contributed by atoms with van der Waals surface area (Å²) < 4.78 is 10.5. The molecule has 0 heterocycles. The first-order valence-electron chi connectivity index (χ1n) is 7.71. The van der Waals surface area contributed by atoms with E-state index < -0.39 is 5.91 Å². The molecule has 0 unspecified atom stereocenters. The van der Waals surface area contributed by atoms with Gasteiger partial charge in [-0.2, -0.15) is 0 Å². The van der Waals surface area contributed by atoms with Crippen molar-refractivity contribution in [2.45, 2.75) is 6.54 Å². The molecule has 27 heavy (non-hydrogen) atoms. The number of hydrogen-bond donors (Lipinski definition) is 4. The molecule has 2 aromatic rings. The number of nitrogens with two attached hydrogens (primary N) is 2. The van der Waals surface area contributed by atoms with Crippen molar-refractivity contribution in [1.82, 2.24) is 5.32 Å². The molecule has 6 N–H and O–H groups in total. The molecule has 0 atom stereocenters.